The normalized spacial score (nSPS) is 14.5. The first-order chi connectivity index (χ1) is 12.6. The number of benzene rings is 2. The van der Waals surface area contributed by atoms with E-state index in [2.05, 4.69) is 10.6 Å². The zero-order valence-corrected chi connectivity index (χ0v) is 14.8. The first kappa shape index (κ1) is 18.1. The minimum absolute atomic E-state index is 0.0127. The van der Waals surface area contributed by atoms with Crippen LogP contribution in [0.2, 0.25) is 0 Å². The van der Waals surface area contributed by atoms with Gasteiger partial charge in [-0.05, 0) is 46.5 Å². The number of aliphatic hydroxyl groups excluding tert-OH is 1. The van der Waals surface area contributed by atoms with Crippen molar-refractivity contribution < 1.29 is 19.4 Å². The van der Waals surface area contributed by atoms with Gasteiger partial charge in [0.2, 0.25) is 11.8 Å². The van der Waals surface area contributed by atoms with Gasteiger partial charge in [0, 0.05) is 30.8 Å². The van der Waals surface area contributed by atoms with Crippen molar-refractivity contribution in [3.05, 3.63) is 47.5 Å². The van der Waals surface area contributed by atoms with Gasteiger partial charge in [-0.15, -0.1) is 0 Å². The number of nitrogens with one attached hydrogen (secondary N) is 2. The van der Waals surface area contributed by atoms with Crippen LogP contribution in [0.25, 0.3) is 11.1 Å². The van der Waals surface area contributed by atoms with Crippen molar-refractivity contribution in [2.24, 2.45) is 0 Å². The van der Waals surface area contributed by atoms with Gasteiger partial charge in [-0.3, -0.25) is 9.59 Å². The van der Waals surface area contributed by atoms with Crippen molar-refractivity contribution in [3.8, 4) is 11.1 Å². The molecule has 1 aliphatic rings. The van der Waals surface area contributed by atoms with E-state index in [-0.39, 0.29) is 30.9 Å². The number of fused-ring (bicyclic) bond motifs is 3. The summed E-state index contributed by atoms with van der Waals surface area (Å²) in [4.78, 5) is 23.4. The van der Waals surface area contributed by atoms with Crippen LogP contribution in [0.1, 0.15) is 30.4 Å². The first-order valence-corrected chi connectivity index (χ1v) is 8.55. The van der Waals surface area contributed by atoms with E-state index in [0.717, 1.165) is 27.9 Å². The Morgan fingerprint density at radius 2 is 1.54 bits per heavy atom. The summed E-state index contributed by atoms with van der Waals surface area (Å²) in [6.07, 6.45) is 0.408. The summed E-state index contributed by atoms with van der Waals surface area (Å²) >= 11 is 0. The van der Waals surface area contributed by atoms with E-state index in [1.807, 2.05) is 36.4 Å². The predicted molar refractivity (Wildman–Crippen MR) is 100 cm³/mol. The Morgan fingerprint density at radius 1 is 1.00 bits per heavy atom. The Morgan fingerprint density at radius 3 is 2.00 bits per heavy atom. The lowest BCUT2D eigenvalue weighted by Gasteiger charge is -2.12. The molecular weight excluding hydrogens is 332 g/mol. The molecule has 6 nitrogen and oxygen atoms in total. The van der Waals surface area contributed by atoms with Gasteiger partial charge >= 0.3 is 0 Å². The van der Waals surface area contributed by atoms with E-state index in [9.17, 15) is 14.7 Å². The van der Waals surface area contributed by atoms with E-state index in [1.54, 1.807) is 6.92 Å². The van der Waals surface area contributed by atoms with E-state index >= 15 is 0 Å². The number of anilines is 2. The molecule has 1 aliphatic carbocycles. The molecule has 1 atom stereocenters. The number of aliphatic hydroxyl groups is 1. The fraction of sp³-hybridized carbons (Fsp3) is 0.300. The molecule has 6 heteroatoms. The molecule has 0 saturated carbocycles. The van der Waals surface area contributed by atoms with Crippen molar-refractivity contribution >= 4 is 23.2 Å². The lowest BCUT2D eigenvalue weighted by Crippen LogP contribution is -2.17. The quantitative estimate of drug-likeness (QED) is 0.744. The standard InChI is InChI=1S/C20H22N2O4/c1-3-19(24)21-12-4-6-14-15-7-5-13(22-20(25)11-26-2)9-17(15)18(10-23)16(14)8-12/h4-9,18,23H,3,10-11H2,1-2H3,(H,21,24)(H,22,25). The monoisotopic (exact) mass is 354 g/mol. The van der Waals surface area contributed by atoms with Crippen molar-refractivity contribution in [2.45, 2.75) is 19.3 Å². The highest BCUT2D eigenvalue weighted by Gasteiger charge is 2.29. The number of hydrogen-bond donors (Lipinski definition) is 3. The second kappa shape index (κ2) is 7.68. The summed E-state index contributed by atoms with van der Waals surface area (Å²) in [5.74, 6) is -0.477. The van der Waals surface area contributed by atoms with Crippen LogP contribution in [0, 0.1) is 0 Å². The second-order valence-corrected chi connectivity index (χ2v) is 6.22. The molecule has 2 aromatic rings. The SMILES string of the molecule is CCC(=O)Nc1ccc2c(c1)C(CO)c1cc(NC(=O)COC)ccc1-2. The molecule has 2 aromatic carbocycles. The van der Waals surface area contributed by atoms with Gasteiger partial charge < -0.3 is 20.5 Å². The minimum atomic E-state index is -0.229. The number of carbonyl (C=O) groups is 2. The van der Waals surface area contributed by atoms with Crippen LogP contribution in [0.3, 0.4) is 0 Å². The number of rotatable bonds is 6. The fourth-order valence-corrected chi connectivity index (χ4v) is 3.29. The fourth-order valence-electron chi connectivity index (χ4n) is 3.29. The Balaban J connectivity index is 1.93. The van der Waals surface area contributed by atoms with Gasteiger partial charge in [-0.2, -0.15) is 0 Å². The number of ether oxygens (including phenoxy) is 1. The Kier molecular flexibility index (Phi) is 5.35. The highest BCUT2D eigenvalue weighted by Crippen LogP contribution is 2.46. The Hall–Kier alpha value is -2.70. The van der Waals surface area contributed by atoms with Crippen LogP contribution in [-0.4, -0.2) is 37.2 Å². The highest BCUT2D eigenvalue weighted by molar-refractivity contribution is 5.94. The third-order valence-electron chi connectivity index (χ3n) is 4.49. The number of amides is 2. The van der Waals surface area contributed by atoms with Gasteiger partial charge in [0.15, 0.2) is 0 Å². The van der Waals surface area contributed by atoms with Crippen LogP contribution in [0.5, 0.6) is 0 Å². The largest absolute Gasteiger partial charge is 0.395 e. The van der Waals surface area contributed by atoms with Crippen LogP contribution in [-0.2, 0) is 14.3 Å². The van der Waals surface area contributed by atoms with Crippen molar-refractivity contribution in [1.29, 1.82) is 0 Å². The van der Waals surface area contributed by atoms with E-state index in [1.165, 1.54) is 7.11 Å². The van der Waals surface area contributed by atoms with Gasteiger partial charge in [0.05, 0.1) is 6.61 Å². The molecule has 136 valence electrons. The van der Waals surface area contributed by atoms with Crippen molar-refractivity contribution in [3.63, 3.8) is 0 Å². The molecule has 2 amide bonds. The topological polar surface area (TPSA) is 87.7 Å². The molecule has 3 N–H and O–H groups in total. The van der Waals surface area contributed by atoms with E-state index in [4.69, 9.17) is 4.74 Å². The molecule has 0 heterocycles. The third kappa shape index (κ3) is 3.47. The third-order valence-corrected chi connectivity index (χ3v) is 4.49. The lowest BCUT2D eigenvalue weighted by molar-refractivity contribution is -0.119. The maximum absolute atomic E-state index is 11.7. The average molecular weight is 354 g/mol. The average Bonchev–Trinajstić information content (AvgIpc) is 2.93. The van der Waals surface area contributed by atoms with Gasteiger partial charge in [0.25, 0.3) is 0 Å². The Bertz CT molecular complexity index is 848. The van der Waals surface area contributed by atoms with Crippen LogP contribution in [0.4, 0.5) is 11.4 Å². The smallest absolute Gasteiger partial charge is 0.250 e. The summed E-state index contributed by atoms with van der Waals surface area (Å²) < 4.78 is 4.83. The van der Waals surface area contributed by atoms with Gasteiger partial charge in [0.1, 0.15) is 6.61 Å². The molecular formula is C20H22N2O4. The van der Waals surface area contributed by atoms with Crippen LogP contribution in [0.15, 0.2) is 36.4 Å². The highest BCUT2D eigenvalue weighted by atomic mass is 16.5. The van der Waals surface area contributed by atoms with E-state index < -0.39 is 0 Å². The van der Waals surface area contributed by atoms with Crippen LogP contribution < -0.4 is 10.6 Å². The summed E-state index contributed by atoms with van der Waals surface area (Å²) in [7, 11) is 1.47. The maximum atomic E-state index is 11.7. The number of hydrogen-bond acceptors (Lipinski definition) is 4. The molecule has 0 bridgehead atoms. The predicted octanol–water partition coefficient (Wildman–Crippen LogP) is 2.72. The van der Waals surface area contributed by atoms with Crippen molar-refractivity contribution in [2.75, 3.05) is 31.0 Å². The molecule has 0 fully saturated rings. The van der Waals surface area contributed by atoms with Crippen LogP contribution >= 0.6 is 0 Å². The molecule has 0 radical (unpaired) electrons. The molecule has 0 spiro atoms. The molecule has 1 unspecified atom stereocenters. The summed E-state index contributed by atoms with van der Waals surface area (Å²) in [5, 5.41) is 15.6. The molecule has 0 aromatic heterocycles. The molecule has 3 rings (SSSR count). The zero-order chi connectivity index (χ0) is 18.7. The van der Waals surface area contributed by atoms with Gasteiger partial charge in [-0.25, -0.2) is 0 Å². The Labute approximate surface area is 152 Å². The minimum Gasteiger partial charge on any atom is -0.395 e. The second-order valence-electron chi connectivity index (χ2n) is 6.22. The lowest BCUT2D eigenvalue weighted by atomic mass is 9.97. The summed E-state index contributed by atoms with van der Waals surface area (Å²) in [5.41, 5.74) is 5.36. The summed E-state index contributed by atoms with van der Waals surface area (Å²) in [6, 6.07) is 11.4. The zero-order valence-electron chi connectivity index (χ0n) is 14.8. The van der Waals surface area contributed by atoms with E-state index in [0.29, 0.717) is 12.1 Å². The maximum Gasteiger partial charge on any atom is 0.250 e. The number of methoxy groups -OCH3 is 1. The summed E-state index contributed by atoms with van der Waals surface area (Å²) in [6.45, 7) is 1.73. The number of carbonyl (C=O) groups excluding carboxylic acids is 2. The van der Waals surface area contributed by atoms with Crippen molar-refractivity contribution in [1.82, 2.24) is 0 Å². The molecule has 26 heavy (non-hydrogen) atoms. The first-order valence-electron chi connectivity index (χ1n) is 8.55. The molecule has 0 aliphatic heterocycles. The van der Waals surface area contributed by atoms with Gasteiger partial charge in [-0.1, -0.05) is 19.1 Å². The molecule has 0 saturated heterocycles.